The van der Waals surface area contributed by atoms with E-state index in [1.54, 1.807) is 18.2 Å². The Hall–Kier alpha value is -1.89. The van der Waals surface area contributed by atoms with Crippen molar-refractivity contribution in [2.45, 2.75) is 25.7 Å². The zero-order chi connectivity index (χ0) is 14.6. The Morgan fingerprint density at radius 2 is 1.90 bits per heavy atom. The van der Waals surface area contributed by atoms with E-state index >= 15 is 0 Å². The van der Waals surface area contributed by atoms with Crippen LogP contribution in [0.4, 0.5) is 5.69 Å². The summed E-state index contributed by atoms with van der Waals surface area (Å²) in [5.41, 5.74) is 3.61. The molecule has 20 heavy (non-hydrogen) atoms. The molecule has 0 heterocycles. The lowest BCUT2D eigenvalue weighted by molar-refractivity contribution is -0.113. The molecular formula is C13H16N2O4S. The fourth-order valence-electron chi connectivity index (χ4n) is 1.90. The van der Waals surface area contributed by atoms with Gasteiger partial charge in [-0.2, -0.15) is 13.5 Å². The molecule has 0 atom stereocenters. The van der Waals surface area contributed by atoms with Crippen LogP contribution in [-0.4, -0.2) is 26.2 Å². The van der Waals surface area contributed by atoms with Crippen molar-refractivity contribution in [2.24, 2.45) is 5.10 Å². The first-order valence-electron chi connectivity index (χ1n) is 6.30. The van der Waals surface area contributed by atoms with Crippen LogP contribution in [0.2, 0.25) is 0 Å². The molecule has 2 rings (SSSR count). The summed E-state index contributed by atoms with van der Waals surface area (Å²) < 4.78 is 27.2. The zero-order valence-electron chi connectivity index (χ0n) is 11.1. The Bertz CT molecular complexity index is 638. The number of nitrogens with one attached hydrogen (secondary N) is 1. The maximum absolute atomic E-state index is 11.6. The fourth-order valence-corrected chi connectivity index (χ4v) is 2.37. The van der Waals surface area contributed by atoms with Crippen molar-refractivity contribution < 1.29 is 17.4 Å². The SMILES string of the molecule is CS(=O)(=O)Oc1ccccc1NN=C1CCCCC1=O. The molecule has 0 aliphatic heterocycles. The van der Waals surface area contributed by atoms with Gasteiger partial charge in [-0.3, -0.25) is 10.2 Å². The summed E-state index contributed by atoms with van der Waals surface area (Å²) in [5.74, 6) is 0.188. The molecule has 1 aromatic carbocycles. The first-order valence-corrected chi connectivity index (χ1v) is 8.11. The largest absolute Gasteiger partial charge is 0.380 e. The topological polar surface area (TPSA) is 84.8 Å². The van der Waals surface area contributed by atoms with Gasteiger partial charge in [-0.25, -0.2) is 0 Å². The molecule has 0 saturated heterocycles. The van der Waals surface area contributed by atoms with Crippen molar-refractivity contribution in [3.8, 4) is 5.75 Å². The monoisotopic (exact) mass is 296 g/mol. The number of ketones is 1. The van der Waals surface area contributed by atoms with Crippen LogP contribution in [0.15, 0.2) is 29.4 Å². The van der Waals surface area contributed by atoms with Crippen molar-refractivity contribution in [3.63, 3.8) is 0 Å². The van der Waals surface area contributed by atoms with Crippen molar-refractivity contribution >= 4 is 27.3 Å². The highest BCUT2D eigenvalue weighted by Gasteiger charge is 2.17. The third-order valence-electron chi connectivity index (χ3n) is 2.83. The van der Waals surface area contributed by atoms with Gasteiger partial charge in [0.2, 0.25) is 0 Å². The van der Waals surface area contributed by atoms with E-state index in [4.69, 9.17) is 4.18 Å². The highest BCUT2D eigenvalue weighted by molar-refractivity contribution is 7.86. The summed E-state index contributed by atoms with van der Waals surface area (Å²) in [5, 5.41) is 4.07. The predicted octanol–water partition coefficient (Wildman–Crippen LogP) is 1.94. The lowest BCUT2D eigenvalue weighted by Crippen LogP contribution is -2.20. The fraction of sp³-hybridized carbons (Fsp3) is 0.385. The molecule has 0 bridgehead atoms. The molecule has 7 heteroatoms. The lowest BCUT2D eigenvalue weighted by Gasteiger charge is -2.13. The standard InChI is InChI=1S/C13H16N2O4S/c1-20(17,18)19-13-9-5-3-7-11(13)15-14-10-6-2-4-8-12(10)16/h3,5,7,9,15H,2,4,6,8H2,1H3. The summed E-state index contributed by atoms with van der Waals surface area (Å²) >= 11 is 0. The van der Waals surface area contributed by atoms with Crippen LogP contribution < -0.4 is 9.61 Å². The van der Waals surface area contributed by atoms with Crippen molar-refractivity contribution in [2.75, 3.05) is 11.7 Å². The molecule has 1 saturated carbocycles. The maximum Gasteiger partial charge on any atom is 0.306 e. The number of hydrogen-bond donors (Lipinski definition) is 1. The minimum absolute atomic E-state index is 0.0327. The highest BCUT2D eigenvalue weighted by atomic mass is 32.2. The minimum atomic E-state index is -3.61. The van der Waals surface area contributed by atoms with E-state index in [1.807, 2.05) is 0 Å². The van der Waals surface area contributed by atoms with Gasteiger partial charge in [0.25, 0.3) is 0 Å². The number of benzene rings is 1. The average molecular weight is 296 g/mol. The third kappa shape index (κ3) is 4.06. The predicted molar refractivity (Wildman–Crippen MR) is 76.4 cm³/mol. The minimum Gasteiger partial charge on any atom is -0.380 e. The zero-order valence-corrected chi connectivity index (χ0v) is 11.9. The van der Waals surface area contributed by atoms with Gasteiger partial charge >= 0.3 is 10.1 Å². The van der Waals surface area contributed by atoms with Crippen molar-refractivity contribution in [3.05, 3.63) is 24.3 Å². The second-order valence-corrected chi connectivity index (χ2v) is 6.16. The van der Waals surface area contributed by atoms with Crippen LogP contribution in [0, 0.1) is 0 Å². The number of rotatable bonds is 4. The van der Waals surface area contributed by atoms with E-state index in [0.717, 1.165) is 19.1 Å². The van der Waals surface area contributed by atoms with Crippen LogP contribution in [-0.2, 0) is 14.9 Å². The molecule has 0 amide bonds. The highest BCUT2D eigenvalue weighted by Crippen LogP contribution is 2.25. The molecule has 0 unspecified atom stereocenters. The Balaban J connectivity index is 2.17. The first kappa shape index (κ1) is 14.5. The Labute approximate surface area is 118 Å². The smallest absolute Gasteiger partial charge is 0.306 e. The van der Waals surface area contributed by atoms with E-state index in [2.05, 4.69) is 10.5 Å². The maximum atomic E-state index is 11.6. The summed E-state index contributed by atoms with van der Waals surface area (Å²) in [4.78, 5) is 11.6. The normalized spacial score (nSPS) is 18.1. The van der Waals surface area contributed by atoms with Crippen LogP contribution in [0.5, 0.6) is 5.75 Å². The van der Waals surface area contributed by atoms with Crippen molar-refractivity contribution in [1.82, 2.24) is 0 Å². The van der Waals surface area contributed by atoms with Crippen molar-refractivity contribution in [1.29, 1.82) is 0 Å². The summed E-state index contributed by atoms with van der Waals surface area (Å²) in [7, 11) is -3.61. The van der Waals surface area contributed by atoms with Gasteiger partial charge in [0.05, 0.1) is 11.9 Å². The second-order valence-electron chi connectivity index (χ2n) is 4.58. The quantitative estimate of drug-likeness (QED) is 0.678. The van der Waals surface area contributed by atoms with E-state index in [-0.39, 0.29) is 11.5 Å². The molecule has 1 aliphatic carbocycles. The number of hydrazone groups is 1. The van der Waals surface area contributed by atoms with Crippen LogP contribution in [0.25, 0.3) is 0 Å². The molecule has 1 fully saturated rings. The second kappa shape index (κ2) is 6.04. The van der Waals surface area contributed by atoms with Gasteiger partial charge in [0.15, 0.2) is 11.5 Å². The molecule has 6 nitrogen and oxygen atoms in total. The lowest BCUT2D eigenvalue weighted by atomic mass is 9.97. The molecule has 0 aromatic heterocycles. The van der Waals surface area contributed by atoms with E-state index < -0.39 is 10.1 Å². The molecule has 0 radical (unpaired) electrons. The number of carbonyl (C=O) groups is 1. The Morgan fingerprint density at radius 3 is 2.60 bits per heavy atom. The number of carbonyl (C=O) groups excluding carboxylic acids is 1. The van der Waals surface area contributed by atoms with E-state index in [0.29, 0.717) is 24.2 Å². The number of para-hydroxylation sites is 2. The van der Waals surface area contributed by atoms with E-state index in [1.165, 1.54) is 6.07 Å². The summed E-state index contributed by atoms with van der Waals surface area (Å²) in [6.07, 6.45) is 3.96. The molecule has 0 spiro atoms. The first-order chi connectivity index (χ1) is 9.46. The third-order valence-corrected chi connectivity index (χ3v) is 3.31. The van der Waals surface area contributed by atoms with Gasteiger partial charge in [0.1, 0.15) is 5.71 Å². The van der Waals surface area contributed by atoms with Gasteiger partial charge in [-0.15, -0.1) is 0 Å². The van der Waals surface area contributed by atoms with Crippen LogP contribution in [0.1, 0.15) is 25.7 Å². The molecule has 1 aromatic rings. The molecule has 1 N–H and O–H groups in total. The number of nitrogens with zero attached hydrogens (tertiary/aromatic N) is 1. The van der Waals surface area contributed by atoms with Gasteiger partial charge in [-0.05, 0) is 31.4 Å². The summed E-state index contributed by atoms with van der Waals surface area (Å²) in [6.45, 7) is 0. The summed E-state index contributed by atoms with van der Waals surface area (Å²) in [6, 6.07) is 6.54. The number of Topliss-reactive ketones (excluding diaryl/α,β-unsaturated/α-hetero) is 1. The van der Waals surface area contributed by atoms with Crippen LogP contribution in [0.3, 0.4) is 0 Å². The van der Waals surface area contributed by atoms with Gasteiger partial charge in [-0.1, -0.05) is 12.1 Å². The average Bonchev–Trinajstić information content (AvgIpc) is 2.37. The van der Waals surface area contributed by atoms with E-state index in [9.17, 15) is 13.2 Å². The van der Waals surface area contributed by atoms with Crippen LogP contribution >= 0.6 is 0 Å². The Morgan fingerprint density at radius 1 is 1.20 bits per heavy atom. The number of anilines is 1. The van der Waals surface area contributed by atoms with Gasteiger partial charge < -0.3 is 4.18 Å². The van der Waals surface area contributed by atoms with Gasteiger partial charge in [0, 0.05) is 6.42 Å². The molecular weight excluding hydrogens is 280 g/mol. The molecule has 1 aliphatic rings. The molecule has 108 valence electrons. The Kier molecular flexibility index (Phi) is 4.39. The number of hydrogen-bond acceptors (Lipinski definition) is 6.